The third-order valence-corrected chi connectivity index (χ3v) is 6.31. The van der Waals surface area contributed by atoms with Crippen LogP contribution in [0.2, 0.25) is 5.02 Å². The van der Waals surface area contributed by atoms with Crippen LogP contribution >= 0.6 is 11.6 Å². The van der Waals surface area contributed by atoms with Crippen LogP contribution in [0.25, 0.3) is 27.9 Å². The van der Waals surface area contributed by atoms with E-state index >= 15 is 0 Å². The number of benzene rings is 1. The molecule has 0 N–H and O–H groups in total. The van der Waals surface area contributed by atoms with Gasteiger partial charge in [0, 0.05) is 49.5 Å². The lowest BCUT2D eigenvalue weighted by atomic mass is 10.1. The summed E-state index contributed by atoms with van der Waals surface area (Å²) in [5.41, 5.74) is 2.03. The van der Waals surface area contributed by atoms with Crippen LogP contribution in [0.15, 0.2) is 41.3 Å². The van der Waals surface area contributed by atoms with Gasteiger partial charge in [-0.3, -0.25) is 4.79 Å². The first kappa shape index (κ1) is 21.1. The molecule has 0 saturated carbocycles. The molecule has 4 aromatic rings. The van der Waals surface area contributed by atoms with Crippen molar-refractivity contribution in [1.29, 1.82) is 0 Å². The summed E-state index contributed by atoms with van der Waals surface area (Å²) >= 11 is 6.27. The highest BCUT2D eigenvalue weighted by atomic mass is 35.5. The van der Waals surface area contributed by atoms with E-state index in [9.17, 15) is 4.79 Å². The van der Waals surface area contributed by atoms with E-state index in [1.807, 2.05) is 43.5 Å². The minimum atomic E-state index is -0.0709. The van der Waals surface area contributed by atoms with Gasteiger partial charge in [0.2, 0.25) is 0 Å². The average molecular weight is 452 g/mol. The monoisotopic (exact) mass is 451 g/mol. The van der Waals surface area contributed by atoms with Gasteiger partial charge in [-0.15, -0.1) is 5.10 Å². The second-order valence-corrected chi connectivity index (χ2v) is 8.85. The molecule has 166 valence electrons. The van der Waals surface area contributed by atoms with Crippen molar-refractivity contribution in [2.75, 3.05) is 39.8 Å². The predicted molar refractivity (Wildman–Crippen MR) is 126 cm³/mol. The number of nitrogens with zero attached hydrogens (tertiary/aromatic N) is 7. The molecular formula is C23H26ClN7O. The lowest BCUT2D eigenvalue weighted by molar-refractivity contribution is 0.151. The zero-order valence-electron chi connectivity index (χ0n) is 18.3. The number of aryl methyl sites for hydroxylation is 2. The van der Waals surface area contributed by atoms with Crippen LogP contribution in [-0.4, -0.2) is 73.7 Å². The van der Waals surface area contributed by atoms with Gasteiger partial charge in [-0.25, -0.2) is 4.98 Å². The van der Waals surface area contributed by atoms with Crippen molar-refractivity contribution in [2.45, 2.75) is 19.9 Å². The van der Waals surface area contributed by atoms with Crippen LogP contribution in [0, 0.1) is 6.92 Å². The lowest BCUT2D eigenvalue weighted by Crippen LogP contribution is -2.44. The molecule has 1 saturated heterocycles. The van der Waals surface area contributed by atoms with Gasteiger partial charge in [-0.05, 0) is 45.1 Å². The number of likely N-dealkylation sites (N-methyl/N-ethyl adjacent to an activating group) is 1. The second-order valence-electron chi connectivity index (χ2n) is 8.41. The Morgan fingerprint density at radius 1 is 1.06 bits per heavy atom. The van der Waals surface area contributed by atoms with Crippen LogP contribution < -0.4 is 5.56 Å². The molecule has 1 aliphatic heterocycles. The highest BCUT2D eigenvalue weighted by molar-refractivity contribution is 6.30. The largest absolute Gasteiger partial charge is 0.315 e. The van der Waals surface area contributed by atoms with Crippen molar-refractivity contribution in [2.24, 2.45) is 0 Å². The first-order chi connectivity index (χ1) is 15.5. The third kappa shape index (κ3) is 4.01. The summed E-state index contributed by atoms with van der Waals surface area (Å²) in [6, 6.07) is 9.36. The number of hydrogen-bond donors (Lipinski definition) is 0. The van der Waals surface area contributed by atoms with Gasteiger partial charge in [0.25, 0.3) is 11.3 Å². The molecule has 0 atom stereocenters. The van der Waals surface area contributed by atoms with Crippen molar-refractivity contribution in [3.05, 3.63) is 57.7 Å². The first-order valence-electron chi connectivity index (χ1n) is 10.9. The predicted octanol–water partition coefficient (Wildman–Crippen LogP) is 2.71. The van der Waals surface area contributed by atoms with Crippen molar-refractivity contribution >= 4 is 28.3 Å². The normalized spacial score (nSPS) is 15.7. The van der Waals surface area contributed by atoms with E-state index in [0.29, 0.717) is 39.8 Å². The van der Waals surface area contributed by atoms with E-state index in [1.165, 1.54) is 0 Å². The molecule has 1 aliphatic rings. The summed E-state index contributed by atoms with van der Waals surface area (Å²) in [6.45, 7) is 7.81. The maximum absolute atomic E-state index is 13.6. The number of aromatic nitrogens is 5. The molecule has 0 bridgehead atoms. The smallest absolute Gasteiger partial charge is 0.262 e. The third-order valence-electron chi connectivity index (χ3n) is 6.08. The van der Waals surface area contributed by atoms with Crippen LogP contribution in [0.3, 0.4) is 0 Å². The molecular weight excluding hydrogens is 426 g/mol. The van der Waals surface area contributed by atoms with Gasteiger partial charge in [0.05, 0.1) is 16.6 Å². The van der Waals surface area contributed by atoms with Crippen molar-refractivity contribution in [1.82, 2.24) is 33.9 Å². The topological polar surface area (TPSA) is 71.6 Å². The van der Waals surface area contributed by atoms with Crippen LogP contribution in [0.4, 0.5) is 0 Å². The molecule has 1 fully saturated rings. The van der Waals surface area contributed by atoms with Gasteiger partial charge in [0.1, 0.15) is 5.82 Å². The van der Waals surface area contributed by atoms with E-state index < -0.39 is 0 Å². The lowest BCUT2D eigenvalue weighted by Gasteiger charge is -2.32. The van der Waals surface area contributed by atoms with Crippen molar-refractivity contribution in [3.63, 3.8) is 0 Å². The minimum absolute atomic E-state index is 0.0709. The van der Waals surface area contributed by atoms with E-state index in [4.69, 9.17) is 11.6 Å². The fourth-order valence-electron chi connectivity index (χ4n) is 4.34. The number of hydrogen-bond acceptors (Lipinski definition) is 6. The van der Waals surface area contributed by atoms with Crippen LogP contribution in [0.1, 0.15) is 12.2 Å². The van der Waals surface area contributed by atoms with Crippen LogP contribution in [-0.2, 0) is 6.54 Å². The van der Waals surface area contributed by atoms with Gasteiger partial charge in [-0.2, -0.15) is 9.50 Å². The number of rotatable bonds is 5. The second kappa shape index (κ2) is 8.61. The summed E-state index contributed by atoms with van der Waals surface area (Å²) in [5, 5.41) is 5.64. The fourth-order valence-corrected chi connectivity index (χ4v) is 4.53. The summed E-state index contributed by atoms with van der Waals surface area (Å²) in [7, 11) is 2.16. The Morgan fingerprint density at radius 3 is 2.66 bits per heavy atom. The van der Waals surface area contributed by atoms with E-state index in [-0.39, 0.29) is 5.56 Å². The Morgan fingerprint density at radius 2 is 1.88 bits per heavy atom. The fraction of sp³-hybridized carbons (Fsp3) is 0.391. The highest BCUT2D eigenvalue weighted by Gasteiger charge is 2.19. The van der Waals surface area contributed by atoms with Gasteiger partial charge >= 0.3 is 0 Å². The molecule has 1 aromatic carbocycles. The number of pyridine rings is 1. The molecule has 9 heteroatoms. The van der Waals surface area contributed by atoms with Crippen molar-refractivity contribution in [3.8, 4) is 11.3 Å². The maximum Gasteiger partial charge on any atom is 0.262 e. The molecule has 0 amide bonds. The molecule has 0 aliphatic carbocycles. The van der Waals surface area contributed by atoms with Gasteiger partial charge in [-0.1, -0.05) is 23.7 Å². The average Bonchev–Trinajstić information content (AvgIpc) is 3.15. The van der Waals surface area contributed by atoms with Crippen LogP contribution in [0.5, 0.6) is 0 Å². The van der Waals surface area contributed by atoms with Gasteiger partial charge < -0.3 is 14.4 Å². The molecule has 0 radical (unpaired) electrons. The van der Waals surface area contributed by atoms with E-state index in [0.717, 1.165) is 44.7 Å². The first-order valence-corrected chi connectivity index (χ1v) is 11.3. The summed E-state index contributed by atoms with van der Waals surface area (Å²) in [4.78, 5) is 27.4. The SMILES string of the molecule is Cc1nc2nc3ccn(CCCN4CCN(C)CC4)c(=O)c3c(-c3cccc(Cl)c3)n2n1. The number of fused-ring (bicyclic) bond motifs is 2. The number of piperazine rings is 1. The molecule has 0 unspecified atom stereocenters. The molecule has 4 heterocycles. The summed E-state index contributed by atoms with van der Waals surface area (Å²) in [5.74, 6) is 1.07. The van der Waals surface area contributed by atoms with E-state index in [1.54, 1.807) is 9.08 Å². The Balaban J connectivity index is 1.54. The number of halogens is 1. The molecule has 0 spiro atoms. The Bertz CT molecular complexity index is 1340. The minimum Gasteiger partial charge on any atom is -0.315 e. The Labute approximate surface area is 191 Å². The maximum atomic E-state index is 13.6. The molecule has 5 rings (SSSR count). The van der Waals surface area contributed by atoms with E-state index in [2.05, 4.69) is 31.9 Å². The Hall–Kier alpha value is -2.81. The Kier molecular flexibility index (Phi) is 5.67. The molecule has 8 nitrogen and oxygen atoms in total. The van der Waals surface area contributed by atoms with Crippen molar-refractivity contribution < 1.29 is 0 Å². The standard InChI is InChI=1S/C23H26ClN7O/c1-16-25-23-26-19-7-10-30(9-4-8-29-13-11-28(2)12-14-29)22(32)20(19)21(31(23)27-16)17-5-3-6-18(24)15-17/h3,5-7,10,15H,4,8-9,11-14H2,1-2H3. The molecule has 3 aromatic heterocycles. The van der Waals surface area contributed by atoms with Gasteiger partial charge in [0.15, 0.2) is 0 Å². The highest BCUT2D eigenvalue weighted by Crippen LogP contribution is 2.28. The zero-order chi connectivity index (χ0) is 22.2. The molecule has 32 heavy (non-hydrogen) atoms. The summed E-state index contributed by atoms with van der Waals surface area (Å²) < 4.78 is 3.43. The quantitative estimate of drug-likeness (QED) is 0.464. The summed E-state index contributed by atoms with van der Waals surface area (Å²) in [6.07, 6.45) is 2.75. The zero-order valence-corrected chi connectivity index (χ0v) is 19.1.